The quantitative estimate of drug-likeness (QED) is 0.801. The Morgan fingerprint density at radius 3 is 2.26 bits per heavy atom. The van der Waals surface area contributed by atoms with Gasteiger partial charge < -0.3 is 4.90 Å². The maximum absolute atomic E-state index is 11.5. The van der Waals surface area contributed by atoms with E-state index in [1.54, 1.807) is 37.4 Å². The monoisotopic (exact) mass is 297 g/mol. The standard InChI is InChI=1S/C13H12ClNO3S/c1-9(16)15(2)12-7-3-6-11-10(12)5-4-8-13(11)19(14,17)18/h3-8H,1-2H3. The van der Waals surface area contributed by atoms with E-state index in [4.69, 9.17) is 10.7 Å². The van der Waals surface area contributed by atoms with Gasteiger partial charge in [-0.25, -0.2) is 8.42 Å². The molecule has 2 aromatic carbocycles. The van der Waals surface area contributed by atoms with Gasteiger partial charge in [-0.15, -0.1) is 0 Å². The Morgan fingerprint density at radius 1 is 1.11 bits per heavy atom. The largest absolute Gasteiger partial charge is 0.315 e. The maximum atomic E-state index is 11.5. The number of anilines is 1. The Morgan fingerprint density at radius 2 is 1.68 bits per heavy atom. The fraction of sp³-hybridized carbons (Fsp3) is 0.154. The summed E-state index contributed by atoms with van der Waals surface area (Å²) in [5.41, 5.74) is 0.646. The summed E-state index contributed by atoms with van der Waals surface area (Å²) in [6.07, 6.45) is 0. The lowest BCUT2D eigenvalue weighted by Crippen LogP contribution is -2.22. The van der Waals surface area contributed by atoms with Crippen LogP contribution in [0, 0.1) is 0 Å². The van der Waals surface area contributed by atoms with E-state index in [0.717, 1.165) is 0 Å². The normalized spacial score (nSPS) is 11.5. The van der Waals surface area contributed by atoms with Crippen molar-refractivity contribution in [1.29, 1.82) is 0 Å². The first kappa shape index (κ1) is 13.8. The summed E-state index contributed by atoms with van der Waals surface area (Å²) in [5.74, 6) is -0.133. The van der Waals surface area contributed by atoms with Crippen LogP contribution < -0.4 is 4.90 Å². The Balaban J connectivity index is 2.82. The molecule has 0 saturated carbocycles. The number of fused-ring (bicyclic) bond motifs is 1. The highest BCUT2D eigenvalue weighted by molar-refractivity contribution is 8.14. The van der Waals surface area contributed by atoms with Crippen molar-refractivity contribution in [3.8, 4) is 0 Å². The zero-order chi connectivity index (χ0) is 14.2. The Bertz CT molecular complexity index is 756. The van der Waals surface area contributed by atoms with Gasteiger partial charge in [-0.3, -0.25) is 4.79 Å². The van der Waals surface area contributed by atoms with Crippen LogP contribution in [0.25, 0.3) is 10.8 Å². The smallest absolute Gasteiger partial charge is 0.261 e. The molecular formula is C13H12ClNO3S. The number of carbonyl (C=O) groups is 1. The highest BCUT2D eigenvalue weighted by Crippen LogP contribution is 2.31. The van der Waals surface area contributed by atoms with E-state index in [0.29, 0.717) is 16.5 Å². The first-order chi connectivity index (χ1) is 8.82. The van der Waals surface area contributed by atoms with Gasteiger partial charge in [-0.1, -0.05) is 24.3 Å². The molecule has 2 rings (SSSR count). The molecule has 0 saturated heterocycles. The predicted molar refractivity (Wildman–Crippen MR) is 76.1 cm³/mol. The van der Waals surface area contributed by atoms with Crippen LogP contribution in [-0.2, 0) is 13.8 Å². The summed E-state index contributed by atoms with van der Waals surface area (Å²) >= 11 is 0. The van der Waals surface area contributed by atoms with Gasteiger partial charge in [0.15, 0.2) is 0 Å². The number of hydrogen-bond acceptors (Lipinski definition) is 3. The van der Waals surface area contributed by atoms with Crippen molar-refractivity contribution in [1.82, 2.24) is 0 Å². The van der Waals surface area contributed by atoms with E-state index in [1.165, 1.54) is 17.9 Å². The van der Waals surface area contributed by atoms with E-state index >= 15 is 0 Å². The average molecular weight is 298 g/mol. The minimum atomic E-state index is -3.82. The van der Waals surface area contributed by atoms with Crippen LogP contribution in [0.2, 0.25) is 0 Å². The second-order valence-electron chi connectivity index (χ2n) is 4.14. The van der Waals surface area contributed by atoms with Crippen molar-refractivity contribution in [2.24, 2.45) is 0 Å². The Kier molecular flexibility index (Phi) is 3.52. The predicted octanol–water partition coefficient (Wildman–Crippen LogP) is 2.75. The molecule has 0 heterocycles. The van der Waals surface area contributed by atoms with Crippen molar-refractivity contribution in [3.05, 3.63) is 36.4 Å². The first-order valence-corrected chi connectivity index (χ1v) is 7.84. The third-order valence-electron chi connectivity index (χ3n) is 2.96. The second kappa shape index (κ2) is 4.83. The molecule has 100 valence electrons. The molecule has 0 bridgehead atoms. The lowest BCUT2D eigenvalue weighted by molar-refractivity contribution is -0.116. The van der Waals surface area contributed by atoms with Crippen LogP contribution in [0.4, 0.5) is 5.69 Å². The fourth-order valence-electron chi connectivity index (χ4n) is 1.94. The Labute approximate surface area is 116 Å². The average Bonchev–Trinajstić information content (AvgIpc) is 2.35. The van der Waals surface area contributed by atoms with Crippen LogP contribution >= 0.6 is 10.7 Å². The number of hydrogen-bond donors (Lipinski definition) is 0. The van der Waals surface area contributed by atoms with Crippen molar-refractivity contribution in [3.63, 3.8) is 0 Å². The number of nitrogens with zero attached hydrogens (tertiary/aromatic N) is 1. The van der Waals surface area contributed by atoms with Crippen molar-refractivity contribution >= 4 is 42.1 Å². The molecule has 4 nitrogen and oxygen atoms in total. The van der Waals surface area contributed by atoms with Crippen LogP contribution in [0.3, 0.4) is 0 Å². The number of carbonyl (C=O) groups excluding carboxylic acids is 1. The van der Waals surface area contributed by atoms with Gasteiger partial charge in [0.1, 0.15) is 0 Å². The van der Waals surface area contributed by atoms with Crippen molar-refractivity contribution in [2.45, 2.75) is 11.8 Å². The van der Waals surface area contributed by atoms with E-state index in [1.807, 2.05) is 0 Å². The second-order valence-corrected chi connectivity index (χ2v) is 6.68. The molecule has 0 N–H and O–H groups in total. The molecule has 0 aliphatic heterocycles. The third-order valence-corrected chi connectivity index (χ3v) is 4.34. The summed E-state index contributed by atoms with van der Waals surface area (Å²) in [7, 11) is 3.24. The van der Waals surface area contributed by atoms with Crippen molar-refractivity contribution in [2.75, 3.05) is 11.9 Å². The molecule has 0 aliphatic rings. The summed E-state index contributed by atoms with van der Waals surface area (Å²) in [6.45, 7) is 1.45. The van der Waals surface area contributed by atoms with Gasteiger partial charge in [-0.05, 0) is 12.1 Å². The van der Waals surface area contributed by atoms with Crippen LogP contribution in [0.5, 0.6) is 0 Å². The lowest BCUT2D eigenvalue weighted by atomic mass is 10.1. The SMILES string of the molecule is CC(=O)N(C)c1cccc2c(S(=O)(=O)Cl)cccc12. The summed E-state index contributed by atoms with van der Waals surface area (Å²) < 4.78 is 23.1. The van der Waals surface area contributed by atoms with Gasteiger partial charge in [0.25, 0.3) is 9.05 Å². The highest BCUT2D eigenvalue weighted by atomic mass is 35.7. The first-order valence-electron chi connectivity index (χ1n) is 5.53. The van der Waals surface area contributed by atoms with Gasteiger partial charge in [-0.2, -0.15) is 0 Å². The number of rotatable bonds is 2. The molecule has 19 heavy (non-hydrogen) atoms. The van der Waals surface area contributed by atoms with Crippen molar-refractivity contribution < 1.29 is 13.2 Å². The molecular weight excluding hydrogens is 286 g/mol. The van der Waals surface area contributed by atoms with E-state index in [-0.39, 0.29) is 10.8 Å². The van der Waals surface area contributed by atoms with Crippen LogP contribution in [-0.4, -0.2) is 21.4 Å². The summed E-state index contributed by atoms with van der Waals surface area (Å²) in [6, 6.07) is 9.94. The Hall–Kier alpha value is -1.59. The molecule has 0 spiro atoms. The molecule has 2 aromatic rings. The summed E-state index contributed by atoms with van der Waals surface area (Å²) in [4.78, 5) is 13.0. The molecule has 0 aliphatic carbocycles. The molecule has 0 radical (unpaired) electrons. The number of halogens is 1. The fourth-order valence-corrected chi connectivity index (χ4v) is 3.02. The van der Waals surface area contributed by atoms with E-state index in [9.17, 15) is 13.2 Å². The number of amides is 1. The van der Waals surface area contributed by atoms with Gasteiger partial charge in [0.05, 0.1) is 10.6 Å². The topological polar surface area (TPSA) is 54.5 Å². The molecule has 1 amide bonds. The van der Waals surface area contributed by atoms with E-state index in [2.05, 4.69) is 0 Å². The third kappa shape index (κ3) is 2.57. The molecule has 0 fully saturated rings. The molecule has 0 aromatic heterocycles. The van der Waals surface area contributed by atoms with Gasteiger partial charge in [0, 0.05) is 35.4 Å². The van der Waals surface area contributed by atoms with Gasteiger partial charge >= 0.3 is 0 Å². The zero-order valence-corrected chi connectivity index (χ0v) is 12.0. The van der Waals surface area contributed by atoms with E-state index < -0.39 is 9.05 Å². The molecule has 6 heteroatoms. The number of benzene rings is 2. The lowest BCUT2D eigenvalue weighted by Gasteiger charge is -2.18. The minimum Gasteiger partial charge on any atom is -0.315 e. The summed E-state index contributed by atoms with van der Waals surface area (Å²) in [5, 5.41) is 1.17. The molecule has 0 unspecified atom stereocenters. The van der Waals surface area contributed by atoms with Crippen LogP contribution in [0.15, 0.2) is 41.3 Å². The minimum absolute atomic E-state index is 0.0467. The maximum Gasteiger partial charge on any atom is 0.261 e. The van der Waals surface area contributed by atoms with Crippen LogP contribution in [0.1, 0.15) is 6.92 Å². The zero-order valence-electron chi connectivity index (χ0n) is 10.4. The van der Waals surface area contributed by atoms with Gasteiger partial charge in [0.2, 0.25) is 5.91 Å². The molecule has 0 atom stereocenters. The highest BCUT2D eigenvalue weighted by Gasteiger charge is 2.16.